The van der Waals surface area contributed by atoms with Crippen LogP contribution in [0, 0.1) is 11.3 Å². The molecule has 1 saturated heterocycles. The van der Waals surface area contributed by atoms with Gasteiger partial charge in [0.05, 0.1) is 5.25 Å². The number of hydrogen-bond acceptors (Lipinski definition) is 4. The molecule has 1 unspecified atom stereocenters. The fourth-order valence-corrected chi connectivity index (χ4v) is 4.47. The van der Waals surface area contributed by atoms with Crippen molar-refractivity contribution in [3.05, 3.63) is 74.2 Å². The molecule has 1 heterocycles. The number of halogens is 2. The summed E-state index contributed by atoms with van der Waals surface area (Å²) >= 11 is 10.5. The number of nitrogens with zero attached hydrogens (tertiary/aromatic N) is 2. The van der Waals surface area contributed by atoms with Gasteiger partial charge in [0.2, 0.25) is 5.91 Å². The lowest BCUT2D eigenvalue weighted by atomic mass is 10.1. The standard InChI is InChI=1S/C20H15BrClN3O2S/c1-24-18(26)16(11-23)20-25(15-8-4-13(21)5-9-15)19(27)17(28-20)10-12-2-6-14(22)7-3-12/h2-9,17H,10H2,1H3,(H,24,26)/b20-16-. The van der Waals surface area contributed by atoms with Gasteiger partial charge in [0.1, 0.15) is 16.7 Å². The minimum absolute atomic E-state index is 0.0811. The Hall–Kier alpha value is -2.27. The van der Waals surface area contributed by atoms with E-state index in [9.17, 15) is 14.9 Å². The number of carbonyl (C=O) groups is 2. The highest BCUT2D eigenvalue weighted by Gasteiger charge is 2.40. The van der Waals surface area contributed by atoms with E-state index in [-0.39, 0.29) is 11.5 Å². The van der Waals surface area contributed by atoms with E-state index >= 15 is 0 Å². The molecule has 0 saturated carbocycles. The van der Waals surface area contributed by atoms with E-state index in [0.29, 0.717) is 22.2 Å². The van der Waals surface area contributed by atoms with E-state index < -0.39 is 11.2 Å². The van der Waals surface area contributed by atoms with Crippen LogP contribution in [0.15, 0.2) is 63.6 Å². The minimum Gasteiger partial charge on any atom is -0.354 e. The number of hydrogen-bond donors (Lipinski definition) is 1. The third-order valence-electron chi connectivity index (χ3n) is 4.15. The maximum absolute atomic E-state index is 13.2. The highest BCUT2D eigenvalue weighted by molar-refractivity contribution is 9.10. The molecule has 1 aliphatic heterocycles. The lowest BCUT2D eigenvalue weighted by Crippen LogP contribution is -2.31. The fourth-order valence-electron chi connectivity index (χ4n) is 2.77. The highest BCUT2D eigenvalue weighted by Crippen LogP contribution is 2.42. The molecule has 8 heteroatoms. The number of nitriles is 1. The molecule has 0 bridgehead atoms. The Morgan fingerprint density at radius 1 is 1.25 bits per heavy atom. The van der Waals surface area contributed by atoms with Crippen LogP contribution in [0.1, 0.15) is 5.56 Å². The number of anilines is 1. The summed E-state index contributed by atoms with van der Waals surface area (Å²) in [5, 5.41) is 12.5. The van der Waals surface area contributed by atoms with Gasteiger partial charge in [-0.25, -0.2) is 0 Å². The first-order chi connectivity index (χ1) is 13.4. The van der Waals surface area contributed by atoms with Crippen molar-refractivity contribution in [1.29, 1.82) is 5.26 Å². The first-order valence-electron chi connectivity index (χ1n) is 8.31. The molecule has 2 aromatic carbocycles. The zero-order valence-electron chi connectivity index (χ0n) is 14.8. The summed E-state index contributed by atoms with van der Waals surface area (Å²) in [5.74, 6) is -0.694. The lowest BCUT2D eigenvalue weighted by molar-refractivity contribution is -0.117. The summed E-state index contributed by atoms with van der Waals surface area (Å²) in [7, 11) is 1.46. The van der Waals surface area contributed by atoms with Gasteiger partial charge < -0.3 is 5.32 Å². The molecule has 0 spiro atoms. The van der Waals surface area contributed by atoms with Gasteiger partial charge in [-0.15, -0.1) is 0 Å². The van der Waals surface area contributed by atoms with Crippen molar-refractivity contribution >= 4 is 56.8 Å². The summed E-state index contributed by atoms with van der Waals surface area (Å²) in [6.07, 6.45) is 0.462. The second kappa shape index (κ2) is 8.82. The van der Waals surface area contributed by atoms with Gasteiger partial charge in [-0.1, -0.05) is 51.4 Å². The molecule has 1 N–H and O–H groups in total. The number of thioether (sulfide) groups is 1. The Morgan fingerprint density at radius 3 is 2.46 bits per heavy atom. The van der Waals surface area contributed by atoms with E-state index in [1.807, 2.05) is 30.3 Å². The first kappa shape index (κ1) is 20.5. The molecule has 0 aromatic heterocycles. The van der Waals surface area contributed by atoms with Crippen molar-refractivity contribution in [3.8, 4) is 6.07 Å². The van der Waals surface area contributed by atoms with Crippen molar-refractivity contribution in [2.24, 2.45) is 0 Å². The molecule has 0 aliphatic carbocycles. The molecule has 142 valence electrons. The smallest absolute Gasteiger partial charge is 0.264 e. The molecular formula is C20H15BrClN3O2S. The van der Waals surface area contributed by atoms with Crippen molar-refractivity contribution < 1.29 is 9.59 Å². The summed E-state index contributed by atoms with van der Waals surface area (Å²) in [4.78, 5) is 26.9. The van der Waals surface area contributed by atoms with Crippen LogP contribution in [0.25, 0.3) is 0 Å². The summed E-state index contributed by atoms with van der Waals surface area (Å²) < 4.78 is 0.866. The van der Waals surface area contributed by atoms with Crippen LogP contribution in [0.2, 0.25) is 5.02 Å². The predicted molar refractivity (Wildman–Crippen MR) is 115 cm³/mol. The van der Waals surface area contributed by atoms with E-state index in [1.54, 1.807) is 24.3 Å². The first-order valence-corrected chi connectivity index (χ1v) is 10.4. The molecule has 2 amide bonds. The predicted octanol–water partition coefficient (Wildman–Crippen LogP) is 4.27. The van der Waals surface area contributed by atoms with Gasteiger partial charge in [-0.05, 0) is 48.4 Å². The van der Waals surface area contributed by atoms with E-state index in [2.05, 4.69) is 21.2 Å². The quantitative estimate of drug-likeness (QED) is 0.528. The van der Waals surface area contributed by atoms with Gasteiger partial charge in [-0.2, -0.15) is 5.26 Å². The van der Waals surface area contributed by atoms with Gasteiger partial charge in [0.15, 0.2) is 0 Å². The lowest BCUT2D eigenvalue weighted by Gasteiger charge is -2.18. The number of amides is 2. The largest absolute Gasteiger partial charge is 0.354 e. The molecular weight excluding hydrogens is 462 g/mol. The molecule has 28 heavy (non-hydrogen) atoms. The van der Waals surface area contributed by atoms with E-state index in [4.69, 9.17) is 11.6 Å². The van der Waals surface area contributed by atoms with Crippen LogP contribution in [0.3, 0.4) is 0 Å². The Morgan fingerprint density at radius 2 is 1.89 bits per heavy atom. The van der Waals surface area contributed by atoms with Crippen LogP contribution in [0.5, 0.6) is 0 Å². The number of carbonyl (C=O) groups excluding carboxylic acids is 2. The van der Waals surface area contributed by atoms with Gasteiger partial charge in [-0.3, -0.25) is 14.5 Å². The maximum atomic E-state index is 13.2. The minimum atomic E-state index is -0.521. The molecule has 2 aromatic rings. The topological polar surface area (TPSA) is 73.2 Å². The summed E-state index contributed by atoms with van der Waals surface area (Å²) in [6.45, 7) is 0. The van der Waals surface area contributed by atoms with Crippen molar-refractivity contribution in [2.45, 2.75) is 11.7 Å². The van der Waals surface area contributed by atoms with Gasteiger partial charge in [0.25, 0.3) is 5.91 Å². The number of likely N-dealkylation sites (N-methyl/N-ethyl adjacent to an activating group) is 1. The molecule has 3 rings (SSSR count). The summed E-state index contributed by atoms with van der Waals surface area (Å²) in [6, 6.07) is 16.4. The van der Waals surface area contributed by atoms with Crippen molar-refractivity contribution in [2.75, 3.05) is 11.9 Å². The van der Waals surface area contributed by atoms with Crippen LogP contribution in [0.4, 0.5) is 5.69 Å². The van der Waals surface area contributed by atoms with Gasteiger partial charge >= 0.3 is 0 Å². The Labute approximate surface area is 180 Å². The molecule has 5 nitrogen and oxygen atoms in total. The highest BCUT2D eigenvalue weighted by atomic mass is 79.9. The van der Waals surface area contributed by atoms with Crippen LogP contribution < -0.4 is 10.2 Å². The fraction of sp³-hybridized carbons (Fsp3) is 0.150. The average Bonchev–Trinajstić information content (AvgIpc) is 3.00. The third kappa shape index (κ3) is 4.25. The van der Waals surface area contributed by atoms with Crippen LogP contribution in [-0.2, 0) is 16.0 Å². The van der Waals surface area contributed by atoms with Crippen LogP contribution >= 0.6 is 39.3 Å². The Kier molecular flexibility index (Phi) is 6.45. The molecule has 0 radical (unpaired) electrons. The Bertz CT molecular complexity index is 984. The molecule has 1 atom stereocenters. The summed E-state index contributed by atoms with van der Waals surface area (Å²) in [5.41, 5.74) is 1.47. The van der Waals surface area contributed by atoms with E-state index in [1.165, 1.54) is 23.7 Å². The SMILES string of the molecule is CNC(=O)/C(C#N)=C1\SC(Cc2ccc(Cl)cc2)C(=O)N1c1ccc(Br)cc1. The number of benzene rings is 2. The van der Waals surface area contributed by atoms with Crippen LogP contribution in [-0.4, -0.2) is 24.1 Å². The Balaban J connectivity index is 2.03. The zero-order chi connectivity index (χ0) is 20.3. The number of rotatable bonds is 4. The monoisotopic (exact) mass is 475 g/mol. The van der Waals surface area contributed by atoms with Crippen molar-refractivity contribution in [1.82, 2.24) is 5.32 Å². The average molecular weight is 477 g/mol. The molecule has 1 aliphatic rings. The number of nitrogens with one attached hydrogen (secondary N) is 1. The third-order valence-corrected chi connectivity index (χ3v) is 6.20. The van der Waals surface area contributed by atoms with Gasteiger partial charge in [0, 0.05) is 22.2 Å². The van der Waals surface area contributed by atoms with Crippen molar-refractivity contribution in [3.63, 3.8) is 0 Å². The van der Waals surface area contributed by atoms with E-state index in [0.717, 1.165) is 10.0 Å². The maximum Gasteiger partial charge on any atom is 0.264 e. The second-order valence-corrected chi connectivity index (χ2v) is 8.50. The molecule has 1 fully saturated rings. The zero-order valence-corrected chi connectivity index (χ0v) is 17.9. The normalized spacial score (nSPS) is 18.0. The second-order valence-electron chi connectivity index (χ2n) is 5.96.